The highest BCUT2D eigenvalue weighted by Crippen LogP contribution is 2.25. The molecule has 1 aromatic heterocycles. The summed E-state index contributed by atoms with van der Waals surface area (Å²) in [5, 5.41) is 30.6. The molecule has 0 saturated carbocycles. The van der Waals surface area contributed by atoms with Crippen molar-refractivity contribution in [2.24, 2.45) is 7.05 Å². The van der Waals surface area contributed by atoms with Crippen LogP contribution in [-0.2, 0) is 7.05 Å². The van der Waals surface area contributed by atoms with Gasteiger partial charge in [-0.25, -0.2) is 0 Å². The number of nitrogens with zero attached hydrogens (tertiary/aromatic N) is 5. The van der Waals surface area contributed by atoms with E-state index >= 15 is 0 Å². The molecule has 1 unspecified atom stereocenters. The molecule has 1 atom stereocenters. The lowest BCUT2D eigenvalue weighted by atomic mass is 10.1. The molecule has 0 fully saturated rings. The topological polar surface area (TPSA) is 110 Å². The first kappa shape index (κ1) is 13.5. The zero-order chi connectivity index (χ0) is 14.7. The molecule has 20 heavy (non-hydrogen) atoms. The fourth-order valence-electron chi connectivity index (χ4n) is 1.87. The Hall–Kier alpha value is -2.95. The minimum absolute atomic E-state index is 0.0341. The van der Waals surface area contributed by atoms with E-state index in [1.165, 1.54) is 12.1 Å². The number of nitriles is 1. The number of hydrogen-bond acceptors (Lipinski definition) is 6. The van der Waals surface area contributed by atoms with E-state index in [0.29, 0.717) is 11.5 Å². The first-order valence-electron chi connectivity index (χ1n) is 5.82. The Labute approximate surface area is 114 Å². The molecule has 0 bridgehead atoms. The van der Waals surface area contributed by atoms with Gasteiger partial charge in [-0.3, -0.25) is 10.1 Å². The van der Waals surface area contributed by atoms with Crippen LogP contribution in [0.25, 0.3) is 0 Å². The van der Waals surface area contributed by atoms with E-state index in [-0.39, 0.29) is 17.3 Å². The number of aryl methyl sites for hydroxylation is 1. The summed E-state index contributed by atoms with van der Waals surface area (Å²) in [6.45, 7) is 1.87. The normalized spacial score (nSPS) is 11.7. The van der Waals surface area contributed by atoms with Gasteiger partial charge >= 0.3 is 0 Å². The molecular weight excluding hydrogens is 260 g/mol. The van der Waals surface area contributed by atoms with Crippen molar-refractivity contribution in [3.8, 4) is 6.07 Å². The van der Waals surface area contributed by atoms with E-state index in [1.807, 2.05) is 14.0 Å². The first-order chi connectivity index (χ1) is 9.52. The molecule has 8 heteroatoms. The number of hydrogen-bond donors (Lipinski definition) is 1. The van der Waals surface area contributed by atoms with Gasteiger partial charge < -0.3 is 9.88 Å². The summed E-state index contributed by atoms with van der Waals surface area (Å²) < 4.78 is 1.76. The lowest BCUT2D eigenvalue weighted by molar-refractivity contribution is -0.385. The molecule has 0 aliphatic rings. The molecule has 0 spiro atoms. The predicted octanol–water partition coefficient (Wildman–Crippen LogP) is 1.77. The lowest BCUT2D eigenvalue weighted by Crippen LogP contribution is -2.12. The van der Waals surface area contributed by atoms with Crippen molar-refractivity contribution in [2.75, 3.05) is 5.32 Å². The zero-order valence-electron chi connectivity index (χ0n) is 10.9. The minimum atomic E-state index is -0.573. The monoisotopic (exact) mass is 272 g/mol. The van der Waals surface area contributed by atoms with Crippen molar-refractivity contribution in [1.29, 1.82) is 5.26 Å². The quantitative estimate of drug-likeness (QED) is 0.670. The highest BCUT2D eigenvalue weighted by atomic mass is 16.6. The summed E-state index contributed by atoms with van der Waals surface area (Å²) in [4.78, 5) is 10.3. The van der Waals surface area contributed by atoms with E-state index in [9.17, 15) is 10.1 Å². The third-order valence-corrected chi connectivity index (χ3v) is 2.83. The minimum Gasteiger partial charge on any atom is -0.375 e. The molecule has 102 valence electrons. The maximum Gasteiger partial charge on any atom is 0.289 e. The first-order valence-corrected chi connectivity index (χ1v) is 5.82. The van der Waals surface area contributed by atoms with E-state index in [0.717, 1.165) is 0 Å². The maximum absolute atomic E-state index is 10.9. The van der Waals surface area contributed by atoms with Crippen molar-refractivity contribution in [1.82, 2.24) is 14.8 Å². The van der Waals surface area contributed by atoms with Crippen LogP contribution in [0.1, 0.15) is 24.4 Å². The SMILES string of the molecule is CC(Nc1ccc(C#N)c([N+](=O)[O-])c1)c1nncn1C. The number of anilines is 1. The number of benzene rings is 1. The molecular formula is C12H12N6O2. The average molecular weight is 272 g/mol. The Bertz CT molecular complexity index is 687. The second kappa shape index (κ2) is 5.36. The molecule has 0 saturated heterocycles. The summed E-state index contributed by atoms with van der Waals surface area (Å²) in [5.41, 5.74) is 0.362. The lowest BCUT2D eigenvalue weighted by Gasteiger charge is -2.14. The largest absolute Gasteiger partial charge is 0.375 e. The number of aromatic nitrogens is 3. The van der Waals surface area contributed by atoms with Crippen LogP contribution in [-0.4, -0.2) is 19.7 Å². The maximum atomic E-state index is 10.9. The Morgan fingerprint density at radius 2 is 2.30 bits per heavy atom. The van der Waals surface area contributed by atoms with Gasteiger partial charge in [-0.1, -0.05) is 0 Å². The Balaban J connectivity index is 2.27. The molecule has 2 aromatic rings. The van der Waals surface area contributed by atoms with E-state index in [2.05, 4.69) is 15.5 Å². The summed E-state index contributed by atoms with van der Waals surface area (Å²) in [7, 11) is 1.81. The van der Waals surface area contributed by atoms with Gasteiger partial charge in [0.05, 0.1) is 11.0 Å². The van der Waals surface area contributed by atoms with Crippen molar-refractivity contribution >= 4 is 11.4 Å². The predicted molar refractivity (Wildman–Crippen MR) is 70.9 cm³/mol. The van der Waals surface area contributed by atoms with Crippen LogP contribution in [0.5, 0.6) is 0 Å². The fraction of sp³-hybridized carbons (Fsp3) is 0.250. The molecule has 1 aromatic carbocycles. The summed E-state index contributed by atoms with van der Waals surface area (Å²) in [5.74, 6) is 0.706. The van der Waals surface area contributed by atoms with Crippen LogP contribution in [0.15, 0.2) is 24.5 Å². The Kier molecular flexibility index (Phi) is 3.61. The van der Waals surface area contributed by atoms with Crippen LogP contribution >= 0.6 is 0 Å². The van der Waals surface area contributed by atoms with E-state index in [1.54, 1.807) is 23.0 Å². The van der Waals surface area contributed by atoms with Crippen LogP contribution in [0.2, 0.25) is 0 Å². The van der Waals surface area contributed by atoms with Crippen molar-refractivity contribution in [2.45, 2.75) is 13.0 Å². The van der Waals surface area contributed by atoms with Crippen molar-refractivity contribution in [3.05, 3.63) is 46.0 Å². The molecule has 8 nitrogen and oxygen atoms in total. The van der Waals surface area contributed by atoms with Gasteiger partial charge in [0.25, 0.3) is 5.69 Å². The smallest absolute Gasteiger partial charge is 0.289 e. The van der Waals surface area contributed by atoms with Gasteiger partial charge in [0, 0.05) is 18.8 Å². The highest BCUT2D eigenvalue weighted by molar-refractivity contribution is 5.59. The average Bonchev–Trinajstić information content (AvgIpc) is 2.85. The summed E-state index contributed by atoms with van der Waals surface area (Å²) >= 11 is 0. The third kappa shape index (κ3) is 2.56. The molecule has 1 N–H and O–H groups in total. The van der Waals surface area contributed by atoms with E-state index in [4.69, 9.17) is 5.26 Å². The van der Waals surface area contributed by atoms with Crippen molar-refractivity contribution < 1.29 is 4.92 Å². The number of nitro groups is 1. The van der Waals surface area contributed by atoms with Crippen LogP contribution in [0.3, 0.4) is 0 Å². The van der Waals surface area contributed by atoms with Gasteiger partial charge in [0.15, 0.2) is 5.82 Å². The van der Waals surface area contributed by atoms with Gasteiger partial charge in [0.2, 0.25) is 0 Å². The molecule has 0 aliphatic carbocycles. The van der Waals surface area contributed by atoms with E-state index < -0.39 is 4.92 Å². The van der Waals surface area contributed by atoms with Crippen molar-refractivity contribution in [3.63, 3.8) is 0 Å². The van der Waals surface area contributed by atoms with Crippen LogP contribution < -0.4 is 5.32 Å². The zero-order valence-corrected chi connectivity index (χ0v) is 10.9. The number of nitro benzene ring substituents is 1. The van der Waals surface area contributed by atoms with Gasteiger partial charge in [-0.2, -0.15) is 5.26 Å². The fourth-order valence-corrected chi connectivity index (χ4v) is 1.87. The summed E-state index contributed by atoms with van der Waals surface area (Å²) in [6, 6.07) is 6.01. The van der Waals surface area contributed by atoms with Gasteiger partial charge in [0.1, 0.15) is 18.0 Å². The molecule has 1 heterocycles. The molecule has 0 radical (unpaired) electrons. The number of rotatable bonds is 4. The Morgan fingerprint density at radius 3 is 2.85 bits per heavy atom. The standard InChI is InChI=1S/C12H12N6O2/c1-8(12-16-14-7-17(12)2)15-10-4-3-9(6-13)11(5-10)18(19)20/h3-5,7-8,15H,1-2H3. The molecule has 2 rings (SSSR count). The summed E-state index contributed by atoms with van der Waals surface area (Å²) in [6.07, 6.45) is 1.58. The molecule has 0 aliphatic heterocycles. The molecule has 0 amide bonds. The van der Waals surface area contributed by atoms with Crippen LogP contribution in [0.4, 0.5) is 11.4 Å². The second-order valence-corrected chi connectivity index (χ2v) is 4.27. The Morgan fingerprint density at radius 1 is 1.55 bits per heavy atom. The second-order valence-electron chi connectivity index (χ2n) is 4.27. The van der Waals surface area contributed by atoms with Crippen LogP contribution in [0, 0.1) is 21.4 Å². The highest BCUT2D eigenvalue weighted by Gasteiger charge is 2.16. The number of nitrogens with one attached hydrogen (secondary N) is 1. The third-order valence-electron chi connectivity index (χ3n) is 2.83. The van der Waals surface area contributed by atoms with Gasteiger partial charge in [-0.05, 0) is 19.1 Å². The van der Waals surface area contributed by atoms with Gasteiger partial charge in [-0.15, -0.1) is 10.2 Å².